The number of pyridine rings is 1. The Morgan fingerprint density at radius 3 is 2.90 bits per heavy atom. The first kappa shape index (κ1) is 13.6. The largest absolute Gasteiger partial charge is 0.326 e. The summed E-state index contributed by atoms with van der Waals surface area (Å²) in [5.74, 6) is 0.935. The molecule has 0 fully saturated rings. The summed E-state index contributed by atoms with van der Waals surface area (Å²) in [6.07, 6.45) is 4.45. The van der Waals surface area contributed by atoms with Crippen LogP contribution in [0.3, 0.4) is 0 Å². The molecular formula is C17H19N3O. The van der Waals surface area contributed by atoms with Crippen LogP contribution in [0.4, 0.5) is 17.2 Å². The van der Waals surface area contributed by atoms with Gasteiger partial charge in [0, 0.05) is 18.7 Å². The lowest BCUT2D eigenvalue weighted by Crippen LogP contribution is -2.25. The molecule has 0 atom stereocenters. The topological polar surface area (TPSA) is 45.2 Å². The molecule has 1 N–H and O–H groups in total. The highest BCUT2D eigenvalue weighted by molar-refractivity contribution is 5.90. The lowest BCUT2D eigenvalue weighted by atomic mass is 10.0. The minimum absolute atomic E-state index is 0.00729. The van der Waals surface area contributed by atoms with Crippen LogP contribution in [-0.4, -0.2) is 17.4 Å². The van der Waals surface area contributed by atoms with E-state index in [1.165, 1.54) is 11.3 Å². The van der Waals surface area contributed by atoms with Gasteiger partial charge in [-0.05, 0) is 36.6 Å². The Balaban J connectivity index is 1.83. The second-order valence-electron chi connectivity index (χ2n) is 5.19. The summed E-state index contributed by atoms with van der Waals surface area (Å²) in [6, 6.07) is 12.3. The summed E-state index contributed by atoms with van der Waals surface area (Å²) in [5, 5.41) is 2.82. The third-order valence-electron chi connectivity index (χ3n) is 3.74. The van der Waals surface area contributed by atoms with Crippen molar-refractivity contribution in [2.45, 2.75) is 26.2 Å². The minimum atomic E-state index is 0.00729. The molecule has 0 spiro atoms. The maximum Gasteiger partial charge on any atom is 0.224 e. The standard InChI is InChI=1S/C17H19N3O/c1-2-17(21)19-14-9-10-16(18-12-14)20-11-5-7-13-6-3-4-8-15(13)20/h3-4,6,8-10,12H,2,5,7,11H2,1H3,(H,19,21). The van der Waals surface area contributed by atoms with E-state index in [1.807, 2.05) is 19.1 Å². The Morgan fingerprint density at radius 2 is 2.14 bits per heavy atom. The van der Waals surface area contributed by atoms with Gasteiger partial charge in [0.1, 0.15) is 5.82 Å². The zero-order valence-corrected chi connectivity index (χ0v) is 12.2. The number of rotatable bonds is 3. The van der Waals surface area contributed by atoms with Crippen molar-refractivity contribution >= 4 is 23.1 Å². The Kier molecular flexibility index (Phi) is 3.86. The molecule has 0 radical (unpaired) electrons. The zero-order chi connectivity index (χ0) is 14.7. The van der Waals surface area contributed by atoms with Gasteiger partial charge in [-0.3, -0.25) is 4.79 Å². The number of aromatic nitrogens is 1. The summed E-state index contributed by atoms with van der Waals surface area (Å²) in [7, 11) is 0. The van der Waals surface area contributed by atoms with E-state index in [0.29, 0.717) is 6.42 Å². The van der Waals surface area contributed by atoms with Crippen molar-refractivity contribution < 1.29 is 4.79 Å². The molecule has 2 heterocycles. The number of amides is 1. The van der Waals surface area contributed by atoms with Gasteiger partial charge >= 0.3 is 0 Å². The second-order valence-corrected chi connectivity index (χ2v) is 5.19. The second kappa shape index (κ2) is 5.95. The van der Waals surface area contributed by atoms with Crippen molar-refractivity contribution in [2.75, 3.05) is 16.8 Å². The highest BCUT2D eigenvalue weighted by atomic mass is 16.1. The molecule has 0 unspecified atom stereocenters. The predicted molar refractivity (Wildman–Crippen MR) is 84.9 cm³/mol. The highest BCUT2D eigenvalue weighted by Gasteiger charge is 2.18. The third kappa shape index (κ3) is 2.89. The van der Waals surface area contributed by atoms with Crippen molar-refractivity contribution in [1.82, 2.24) is 4.98 Å². The summed E-state index contributed by atoms with van der Waals surface area (Å²) in [5.41, 5.74) is 3.35. The Morgan fingerprint density at radius 1 is 1.29 bits per heavy atom. The van der Waals surface area contributed by atoms with Crippen LogP contribution in [0.2, 0.25) is 0 Å². The number of benzene rings is 1. The fourth-order valence-corrected chi connectivity index (χ4v) is 2.64. The lowest BCUT2D eigenvalue weighted by molar-refractivity contribution is -0.115. The van der Waals surface area contributed by atoms with Gasteiger partial charge in [-0.25, -0.2) is 4.98 Å². The number of carbonyl (C=O) groups excluding carboxylic acids is 1. The number of hydrogen-bond acceptors (Lipinski definition) is 3. The molecule has 3 rings (SSSR count). The summed E-state index contributed by atoms with van der Waals surface area (Å²) < 4.78 is 0. The normalized spacial score (nSPS) is 13.7. The van der Waals surface area contributed by atoms with Gasteiger partial charge in [-0.2, -0.15) is 0 Å². The SMILES string of the molecule is CCC(=O)Nc1ccc(N2CCCc3ccccc32)nc1. The monoisotopic (exact) mass is 281 g/mol. The van der Waals surface area contributed by atoms with Gasteiger partial charge in [-0.1, -0.05) is 25.1 Å². The van der Waals surface area contributed by atoms with Gasteiger partial charge < -0.3 is 10.2 Å². The van der Waals surface area contributed by atoms with Crippen LogP contribution in [0.5, 0.6) is 0 Å². The maximum atomic E-state index is 11.4. The fraction of sp³-hybridized carbons (Fsp3) is 0.294. The number of aryl methyl sites for hydroxylation is 1. The lowest BCUT2D eigenvalue weighted by Gasteiger charge is -2.30. The van der Waals surface area contributed by atoms with Crippen LogP contribution >= 0.6 is 0 Å². The van der Waals surface area contributed by atoms with Crippen LogP contribution in [0.25, 0.3) is 0 Å². The van der Waals surface area contributed by atoms with E-state index in [-0.39, 0.29) is 5.91 Å². The van der Waals surface area contributed by atoms with Crippen LogP contribution in [0.15, 0.2) is 42.6 Å². The number of carbonyl (C=O) groups is 1. The molecule has 1 aromatic carbocycles. The summed E-state index contributed by atoms with van der Waals surface area (Å²) >= 11 is 0. The molecule has 108 valence electrons. The molecule has 4 heteroatoms. The molecule has 0 bridgehead atoms. The molecule has 1 amide bonds. The molecular weight excluding hydrogens is 262 g/mol. The average molecular weight is 281 g/mol. The van der Waals surface area contributed by atoms with Gasteiger partial charge in [-0.15, -0.1) is 0 Å². The first-order valence-corrected chi connectivity index (χ1v) is 7.39. The summed E-state index contributed by atoms with van der Waals surface area (Å²) in [6.45, 7) is 2.81. The molecule has 0 saturated carbocycles. The van der Waals surface area contributed by atoms with E-state index < -0.39 is 0 Å². The van der Waals surface area contributed by atoms with E-state index in [1.54, 1.807) is 6.20 Å². The van der Waals surface area contributed by atoms with Crippen molar-refractivity contribution in [1.29, 1.82) is 0 Å². The molecule has 0 saturated heterocycles. The molecule has 1 aliphatic heterocycles. The molecule has 0 aliphatic carbocycles. The van der Waals surface area contributed by atoms with Crippen molar-refractivity contribution in [3.8, 4) is 0 Å². The number of anilines is 3. The summed E-state index contributed by atoms with van der Waals surface area (Å²) in [4.78, 5) is 18.1. The predicted octanol–water partition coefficient (Wildman–Crippen LogP) is 3.51. The zero-order valence-electron chi connectivity index (χ0n) is 12.2. The van der Waals surface area contributed by atoms with Crippen LogP contribution in [0, 0.1) is 0 Å². The van der Waals surface area contributed by atoms with Crippen molar-refractivity contribution in [3.05, 3.63) is 48.2 Å². The quantitative estimate of drug-likeness (QED) is 0.936. The number of fused-ring (bicyclic) bond motifs is 1. The fourth-order valence-electron chi connectivity index (χ4n) is 2.64. The number of hydrogen-bond donors (Lipinski definition) is 1. The molecule has 1 aromatic heterocycles. The van der Waals surface area contributed by atoms with Crippen LogP contribution in [0.1, 0.15) is 25.3 Å². The van der Waals surface area contributed by atoms with Gasteiger partial charge in [0.2, 0.25) is 5.91 Å². The third-order valence-corrected chi connectivity index (χ3v) is 3.74. The number of para-hydroxylation sites is 1. The van der Waals surface area contributed by atoms with Crippen molar-refractivity contribution in [3.63, 3.8) is 0 Å². The smallest absolute Gasteiger partial charge is 0.224 e. The molecule has 21 heavy (non-hydrogen) atoms. The first-order chi connectivity index (χ1) is 10.3. The van der Waals surface area contributed by atoms with E-state index in [4.69, 9.17) is 0 Å². The minimum Gasteiger partial charge on any atom is -0.326 e. The Hall–Kier alpha value is -2.36. The van der Waals surface area contributed by atoms with Gasteiger partial charge in [0.15, 0.2) is 0 Å². The highest BCUT2D eigenvalue weighted by Crippen LogP contribution is 2.32. The van der Waals surface area contributed by atoms with Crippen molar-refractivity contribution in [2.24, 2.45) is 0 Å². The van der Waals surface area contributed by atoms with E-state index >= 15 is 0 Å². The Bertz CT molecular complexity index is 637. The average Bonchev–Trinajstić information content (AvgIpc) is 2.55. The van der Waals surface area contributed by atoms with Crippen LogP contribution in [-0.2, 0) is 11.2 Å². The van der Waals surface area contributed by atoms with E-state index in [9.17, 15) is 4.79 Å². The number of nitrogens with one attached hydrogen (secondary N) is 1. The maximum absolute atomic E-state index is 11.4. The van der Waals surface area contributed by atoms with Crippen LogP contribution < -0.4 is 10.2 Å². The molecule has 1 aliphatic rings. The van der Waals surface area contributed by atoms with E-state index in [2.05, 4.69) is 39.5 Å². The molecule has 2 aromatic rings. The first-order valence-electron chi connectivity index (χ1n) is 7.39. The Labute approximate surface area is 124 Å². The number of nitrogens with zero attached hydrogens (tertiary/aromatic N) is 2. The molecule has 4 nitrogen and oxygen atoms in total. The van der Waals surface area contributed by atoms with E-state index in [0.717, 1.165) is 30.9 Å². The van der Waals surface area contributed by atoms with Gasteiger partial charge in [0.05, 0.1) is 11.9 Å². The van der Waals surface area contributed by atoms with Gasteiger partial charge in [0.25, 0.3) is 0 Å².